The van der Waals surface area contributed by atoms with Crippen molar-refractivity contribution in [2.75, 3.05) is 7.05 Å². The monoisotopic (exact) mass is 256 g/mol. The number of ether oxygens (including phenoxy) is 1. The molecule has 0 fully saturated rings. The minimum Gasteiger partial charge on any atom is -0.455 e. The van der Waals surface area contributed by atoms with Gasteiger partial charge in [0.2, 0.25) is 0 Å². The summed E-state index contributed by atoms with van der Waals surface area (Å²) in [4.78, 5) is 4.35. The number of nitrogens with one attached hydrogen (secondary N) is 1. The smallest absolute Gasteiger partial charge is 0.145 e. The lowest BCUT2D eigenvalue weighted by atomic mass is 10.1. The first-order valence-corrected chi connectivity index (χ1v) is 6.45. The van der Waals surface area contributed by atoms with E-state index in [0.717, 1.165) is 34.9 Å². The summed E-state index contributed by atoms with van der Waals surface area (Å²) in [5.74, 6) is 1.70. The fraction of sp³-hybridized carbons (Fsp3) is 0.312. The fourth-order valence-corrected chi connectivity index (χ4v) is 2.20. The highest BCUT2D eigenvalue weighted by molar-refractivity contribution is 5.45. The highest BCUT2D eigenvalue weighted by atomic mass is 16.5. The fourth-order valence-electron chi connectivity index (χ4n) is 2.20. The number of aromatic nitrogens is 1. The number of hydrogen-bond donors (Lipinski definition) is 1. The molecule has 2 aromatic rings. The molecule has 0 radical (unpaired) electrons. The molecule has 19 heavy (non-hydrogen) atoms. The van der Waals surface area contributed by atoms with Crippen molar-refractivity contribution < 1.29 is 4.74 Å². The molecule has 2 rings (SSSR count). The molecule has 0 spiro atoms. The Morgan fingerprint density at radius 1 is 1.11 bits per heavy atom. The second-order valence-electron chi connectivity index (χ2n) is 4.85. The molecule has 1 aromatic heterocycles. The normalized spacial score (nSPS) is 10.5. The number of rotatable bonds is 4. The number of hydrogen-bond acceptors (Lipinski definition) is 3. The third kappa shape index (κ3) is 3.32. The van der Waals surface area contributed by atoms with E-state index in [1.54, 1.807) is 6.20 Å². The van der Waals surface area contributed by atoms with E-state index in [1.165, 1.54) is 5.56 Å². The van der Waals surface area contributed by atoms with Gasteiger partial charge in [-0.25, -0.2) is 0 Å². The maximum absolute atomic E-state index is 5.95. The van der Waals surface area contributed by atoms with E-state index in [2.05, 4.69) is 43.2 Å². The first-order chi connectivity index (χ1) is 9.10. The van der Waals surface area contributed by atoms with E-state index in [1.807, 2.05) is 19.2 Å². The zero-order valence-electron chi connectivity index (χ0n) is 11.9. The Morgan fingerprint density at radius 2 is 1.79 bits per heavy atom. The Balaban J connectivity index is 2.21. The van der Waals surface area contributed by atoms with Crippen LogP contribution in [0, 0.1) is 20.8 Å². The van der Waals surface area contributed by atoms with E-state index < -0.39 is 0 Å². The van der Waals surface area contributed by atoms with Crippen LogP contribution in [0.15, 0.2) is 30.5 Å². The molecule has 1 aromatic carbocycles. The lowest BCUT2D eigenvalue weighted by Crippen LogP contribution is -2.06. The predicted molar refractivity (Wildman–Crippen MR) is 77.7 cm³/mol. The van der Waals surface area contributed by atoms with Crippen LogP contribution in [-0.2, 0) is 6.54 Å². The Kier molecular flexibility index (Phi) is 4.17. The molecule has 0 aliphatic carbocycles. The summed E-state index contributed by atoms with van der Waals surface area (Å²) in [6.07, 6.45) is 1.77. The minimum absolute atomic E-state index is 0.767. The topological polar surface area (TPSA) is 34.1 Å². The number of benzene rings is 1. The zero-order chi connectivity index (χ0) is 13.8. The molecule has 0 bridgehead atoms. The lowest BCUT2D eigenvalue weighted by molar-refractivity contribution is 0.472. The van der Waals surface area contributed by atoms with Gasteiger partial charge in [-0.05, 0) is 51.1 Å². The average Bonchev–Trinajstić information content (AvgIpc) is 2.36. The van der Waals surface area contributed by atoms with Gasteiger partial charge in [-0.2, -0.15) is 0 Å². The van der Waals surface area contributed by atoms with Crippen molar-refractivity contribution in [1.82, 2.24) is 10.3 Å². The molecular weight excluding hydrogens is 236 g/mol. The quantitative estimate of drug-likeness (QED) is 0.908. The largest absolute Gasteiger partial charge is 0.455 e. The van der Waals surface area contributed by atoms with Crippen LogP contribution >= 0.6 is 0 Å². The predicted octanol–water partition coefficient (Wildman–Crippen LogP) is 3.52. The maximum Gasteiger partial charge on any atom is 0.145 e. The van der Waals surface area contributed by atoms with Crippen LogP contribution < -0.4 is 10.1 Å². The van der Waals surface area contributed by atoms with Gasteiger partial charge in [0, 0.05) is 6.54 Å². The molecule has 0 aliphatic rings. The van der Waals surface area contributed by atoms with Gasteiger partial charge >= 0.3 is 0 Å². The van der Waals surface area contributed by atoms with Crippen LogP contribution in [0.5, 0.6) is 11.5 Å². The minimum atomic E-state index is 0.767. The van der Waals surface area contributed by atoms with Crippen molar-refractivity contribution in [3.05, 3.63) is 52.8 Å². The highest BCUT2D eigenvalue weighted by Gasteiger charge is 2.06. The van der Waals surface area contributed by atoms with Crippen LogP contribution in [-0.4, -0.2) is 12.0 Å². The van der Waals surface area contributed by atoms with Crippen molar-refractivity contribution in [2.45, 2.75) is 27.3 Å². The Labute approximate surface area is 114 Å². The van der Waals surface area contributed by atoms with Gasteiger partial charge in [-0.1, -0.05) is 17.7 Å². The average molecular weight is 256 g/mol. The Bertz CT molecular complexity index is 538. The molecule has 100 valence electrons. The Morgan fingerprint density at radius 3 is 2.32 bits per heavy atom. The van der Waals surface area contributed by atoms with E-state index in [4.69, 9.17) is 4.74 Å². The molecule has 0 atom stereocenters. The van der Waals surface area contributed by atoms with Gasteiger partial charge in [0.25, 0.3) is 0 Å². The van der Waals surface area contributed by atoms with Crippen molar-refractivity contribution in [1.29, 1.82) is 0 Å². The van der Waals surface area contributed by atoms with E-state index >= 15 is 0 Å². The first kappa shape index (κ1) is 13.6. The molecule has 3 nitrogen and oxygen atoms in total. The van der Waals surface area contributed by atoms with Crippen molar-refractivity contribution in [3.63, 3.8) is 0 Å². The van der Waals surface area contributed by atoms with Crippen molar-refractivity contribution >= 4 is 0 Å². The summed E-state index contributed by atoms with van der Waals surface area (Å²) in [7, 11) is 1.91. The van der Waals surface area contributed by atoms with Crippen molar-refractivity contribution in [2.24, 2.45) is 0 Å². The number of aryl methyl sites for hydroxylation is 3. The molecule has 0 saturated heterocycles. The third-order valence-corrected chi connectivity index (χ3v) is 2.98. The molecular formula is C16H20N2O. The second kappa shape index (κ2) is 5.85. The molecule has 3 heteroatoms. The van der Waals surface area contributed by atoms with Crippen LogP contribution in [0.1, 0.15) is 22.4 Å². The zero-order valence-corrected chi connectivity index (χ0v) is 11.9. The summed E-state index contributed by atoms with van der Waals surface area (Å²) in [6, 6.07) is 8.19. The summed E-state index contributed by atoms with van der Waals surface area (Å²) in [6.45, 7) is 7.00. The molecule has 0 amide bonds. The van der Waals surface area contributed by atoms with Crippen LogP contribution in [0.3, 0.4) is 0 Å². The maximum atomic E-state index is 5.95. The summed E-state index contributed by atoms with van der Waals surface area (Å²) < 4.78 is 5.95. The van der Waals surface area contributed by atoms with Gasteiger partial charge in [0.05, 0.1) is 11.9 Å². The first-order valence-electron chi connectivity index (χ1n) is 6.45. The van der Waals surface area contributed by atoms with Crippen LogP contribution in [0.25, 0.3) is 0 Å². The molecule has 1 heterocycles. The molecule has 0 aliphatic heterocycles. The van der Waals surface area contributed by atoms with E-state index in [0.29, 0.717) is 0 Å². The molecule has 1 N–H and O–H groups in total. The number of pyridine rings is 1. The number of nitrogens with zero attached hydrogens (tertiary/aromatic N) is 1. The standard InChI is InChI=1S/C16H20N2O/c1-11-7-12(2)16(13(3)8-11)19-15-6-5-14(9-17-4)18-10-15/h5-8,10,17H,9H2,1-4H3. The van der Waals surface area contributed by atoms with E-state index in [9.17, 15) is 0 Å². The van der Waals surface area contributed by atoms with Gasteiger partial charge < -0.3 is 10.1 Å². The van der Waals surface area contributed by atoms with Gasteiger partial charge in [0.1, 0.15) is 11.5 Å². The SMILES string of the molecule is CNCc1ccc(Oc2c(C)cc(C)cc2C)cn1. The third-order valence-electron chi connectivity index (χ3n) is 2.98. The van der Waals surface area contributed by atoms with Crippen molar-refractivity contribution in [3.8, 4) is 11.5 Å². The van der Waals surface area contributed by atoms with Gasteiger partial charge in [-0.15, -0.1) is 0 Å². The second-order valence-corrected chi connectivity index (χ2v) is 4.85. The van der Waals surface area contributed by atoms with Crippen LogP contribution in [0.2, 0.25) is 0 Å². The molecule has 0 unspecified atom stereocenters. The summed E-state index contributed by atoms with van der Waals surface area (Å²) >= 11 is 0. The lowest BCUT2D eigenvalue weighted by Gasteiger charge is -2.12. The molecule has 0 saturated carbocycles. The van der Waals surface area contributed by atoms with Gasteiger partial charge in [0.15, 0.2) is 0 Å². The summed E-state index contributed by atoms with van der Waals surface area (Å²) in [5.41, 5.74) is 4.56. The Hall–Kier alpha value is -1.87. The summed E-state index contributed by atoms with van der Waals surface area (Å²) in [5, 5.41) is 3.07. The van der Waals surface area contributed by atoms with Gasteiger partial charge in [-0.3, -0.25) is 4.98 Å². The van der Waals surface area contributed by atoms with Crippen LogP contribution in [0.4, 0.5) is 0 Å². The van der Waals surface area contributed by atoms with E-state index in [-0.39, 0.29) is 0 Å². The highest BCUT2D eigenvalue weighted by Crippen LogP contribution is 2.29.